The Morgan fingerprint density at radius 3 is 2.08 bits per heavy atom. The van der Waals surface area contributed by atoms with Crippen LogP contribution in [0.5, 0.6) is 0 Å². The Kier molecular flexibility index (Phi) is 4.19. The van der Waals surface area contributed by atoms with Crippen LogP contribution in [-0.4, -0.2) is 9.78 Å². The molecule has 0 amide bonds. The molecule has 0 fully saturated rings. The van der Waals surface area contributed by atoms with E-state index >= 15 is 0 Å². The number of aromatic nitrogens is 2. The molecule has 1 aromatic heterocycles. The highest BCUT2D eigenvalue weighted by Crippen LogP contribution is 2.30. The first-order chi connectivity index (χ1) is 11.7. The lowest BCUT2D eigenvalue weighted by atomic mass is 9.85. The summed E-state index contributed by atoms with van der Waals surface area (Å²) in [5.74, 6) is 0. The van der Waals surface area contributed by atoms with Gasteiger partial charge in [-0.3, -0.25) is 9.89 Å². The zero-order valence-electron chi connectivity index (χ0n) is 15.9. The molecule has 0 spiro atoms. The largest absolute Gasteiger partial charge is 0.290 e. The molecule has 3 nitrogen and oxygen atoms in total. The molecule has 3 rings (SSSR count). The van der Waals surface area contributed by atoms with Crippen LogP contribution in [0.4, 0.5) is 0 Å². The maximum Gasteiger partial charge on any atom is 0.275 e. The molecule has 3 heteroatoms. The molecule has 0 saturated carbocycles. The molecule has 25 heavy (non-hydrogen) atoms. The van der Waals surface area contributed by atoms with Gasteiger partial charge in [0.1, 0.15) is 0 Å². The van der Waals surface area contributed by atoms with Crippen LogP contribution in [0.3, 0.4) is 0 Å². The number of rotatable bonds is 2. The Morgan fingerprint density at radius 1 is 0.880 bits per heavy atom. The van der Waals surface area contributed by atoms with Gasteiger partial charge in [0.25, 0.3) is 5.56 Å². The van der Waals surface area contributed by atoms with Crippen molar-refractivity contribution in [2.45, 2.75) is 47.0 Å². The molecule has 0 saturated heterocycles. The summed E-state index contributed by atoms with van der Waals surface area (Å²) < 4.78 is 1.67. The number of hydrogen-bond acceptors (Lipinski definition) is 1. The van der Waals surface area contributed by atoms with E-state index in [-0.39, 0.29) is 11.0 Å². The van der Waals surface area contributed by atoms with Crippen molar-refractivity contribution in [1.29, 1.82) is 0 Å². The van der Waals surface area contributed by atoms with Crippen LogP contribution in [0.1, 0.15) is 43.0 Å². The molecule has 0 radical (unpaired) electrons. The zero-order valence-corrected chi connectivity index (χ0v) is 15.9. The summed E-state index contributed by atoms with van der Waals surface area (Å²) in [5.41, 5.74) is 6.99. The Hall–Kier alpha value is -2.55. The van der Waals surface area contributed by atoms with Gasteiger partial charge in [0.2, 0.25) is 0 Å². The molecule has 0 aliphatic rings. The lowest BCUT2D eigenvalue weighted by Crippen LogP contribution is -2.25. The third-order valence-electron chi connectivity index (χ3n) is 4.73. The number of nitrogens with zero attached hydrogens (tertiary/aromatic N) is 1. The maximum atomic E-state index is 13.2. The second-order valence-electron chi connectivity index (χ2n) is 7.89. The lowest BCUT2D eigenvalue weighted by Gasteiger charge is -2.17. The smallest absolute Gasteiger partial charge is 0.275 e. The van der Waals surface area contributed by atoms with Crippen LogP contribution in [0.15, 0.2) is 47.3 Å². The van der Waals surface area contributed by atoms with E-state index in [0.717, 1.165) is 22.5 Å². The van der Waals surface area contributed by atoms with Gasteiger partial charge in [-0.05, 0) is 55.0 Å². The normalized spacial score (nSPS) is 11.8. The van der Waals surface area contributed by atoms with E-state index in [1.165, 1.54) is 16.7 Å². The fraction of sp³-hybridized carbons (Fsp3) is 0.318. The lowest BCUT2D eigenvalue weighted by molar-refractivity contribution is 0.586. The molecule has 3 aromatic rings. The molecule has 0 aliphatic carbocycles. The number of hydrogen-bond donors (Lipinski definition) is 1. The Bertz CT molecular complexity index is 967. The predicted molar refractivity (Wildman–Crippen MR) is 105 cm³/mol. The minimum absolute atomic E-state index is 0.0197. The monoisotopic (exact) mass is 334 g/mol. The van der Waals surface area contributed by atoms with E-state index in [4.69, 9.17) is 0 Å². The molecule has 2 aromatic carbocycles. The number of aryl methyl sites for hydroxylation is 3. The summed E-state index contributed by atoms with van der Waals surface area (Å²) in [5, 5.41) is 3.36. The quantitative estimate of drug-likeness (QED) is 0.699. The Balaban J connectivity index is 2.27. The van der Waals surface area contributed by atoms with Crippen molar-refractivity contribution < 1.29 is 0 Å². The van der Waals surface area contributed by atoms with Crippen molar-refractivity contribution >= 4 is 0 Å². The van der Waals surface area contributed by atoms with Crippen LogP contribution in [0.2, 0.25) is 0 Å². The standard InChI is InChI=1S/C22H26N2O/c1-14-7-10-17(11-8-14)20-19(22(4,5)6)21(25)24(23-20)18-12-9-15(2)16(3)13-18/h7-13,23H,1-6H3. The molecule has 0 atom stereocenters. The van der Waals surface area contributed by atoms with Gasteiger partial charge in [-0.25, -0.2) is 4.68 Å². The van der Waals surface area contributed by atoms with Crippen molar-refractivity contribution in [2.75, 3.05) is 0 Å². The highest BCUT2D eigenvalue weighted by atomic mass is 16.1. The average Bonchev–Trinajstić information content (AvgIpc) is 2.88. The van der Waals surface area contributed by atoms with Crippen LogP contribution >= 0.6 is 0 Å². The van der Waals surface area contributed by atoms with Gasteiger partial charge >= 0.3 is 0 Å². The van der Waals surface area contributed by atoms with E-state index < -0.39 is 0 Å². The van der Waals surface area contributed by atoms with Crippen molar-refractivity contribution in [1.82, 2.24) is 9.78 Å². The van der Waals surface area contributed by atoms with E-state index in [9.17, 15) is 4.79 Å². The van der Waals surface area contributed by atoms with Gasteiger partial charge in [-0.2, -0.15) is 0 Å². The van der Waals surface area contributed by atoms with E-state index in [1.807, 2.05) is 6.07 Å². The van der Waals surface area contributed by atoms with Gasteiger partial charge in [-0.1, -0.05) is 56.7 Å². The zero-order chi connectivity index (χ0) is 18.4. The molecule has 0 unspecified atom stereocenters. The van der Waals surface area contributed by atoms with Crippen LogP contribution in [0, 0.1) is 20.8 Å². The third kappa shape index (κ3) is 3.19. The number of H-pyrrole nitrogens is 1. The van der Waals surface area contributed by atoms with Gasteiger partial charge < -0.3 is 0 Å². The van der Waals surface area contributed by atoms with Crippen LogP contribution in [0.25, 0.3) is 16.9 Å². The van der Waals surface area contributed by atoms with Gasteiger partial charge in [0.05, 0.1) is 16.9 Å². The van der Waals surface area contributed by atoms with Crippen LogP contribution < -0.4 is 5.56 Å². The van der Waals surface area contributed by atoms with Crippen molar-refractivity contribution in [3.8, 4) is 16.9 Å². The second-order valence-corrected chi connectivity index (χ2v) is 7.89. The minimum Gasteiger partial charge on any atom is -0.290 e. The summed E-state index contributed by atoms with van der Waals surface area (Å²) in [7, 11) is 0. The van der Waals surface area contributed by atoms with Crippen molar-refractivity contribution in [2.24, 2.45) is 0 Å². The highest BCUT2D eigenvalue weighted by molar-refractivity contribution is 5.65. The first-order valence-corrected chi connectivity index (χ1v) is 8.68. The van der Waals surface area contributed by atoms with Gasteiger partial charge in [-0.15, -0.1) is 0 Å². The molecular formula is C22H26N2O. The third-order valence-corrected chi connectivity index (χ3v) is 4.73. The van der Waals surface area contributed by atoms with Gasteiger partial charge in [0, 0.05) is 0 Å². The number of nitrogens with one attached hydrogen (secondary N) is 1. The highest BCUT2D eigenvalue weighted by Gasteiger charge is 2.27. The van der Waals surface area contributed by atoms with E-state index in [1.54, 1.807) is 4.68 Å². The SMILES string of the molecule is Cc1ccc(-c2[nH]n(-c3ccc(C)c(C)c3)c(=O)c2C(C)(C)C)cc1. The topological polar surface area (TPSA) is 37.8 Å². The molecule has 0 bridgehead atoms. The fourth-order valence-electron chi connectivity index (χ4n) is 3.11. The first kappa shape index (κ1) is 17.3. The number of aromatic amines is 1. The summed E-state index contributed by atoms with van der Waals surface area (Å²) in [6, 6.07) is 14.4. The fourth-order valence-corrected chi connectivity index (χ4v) is 3.11. The van der Waals surface area contributed by atoms with Crippen molar-refractivity contribution in [3.63, 3.8) is 0 Å². The minimum atomic E-state index is -0.251. The van der Waals surface area contributed by atoms with E-state index in [2.05, 4.69) is 83.0 Å². The number of benzene rings is 2. The second kappa shape index (κ2) is 6.07. The summed E-state index contributed by atoms with van der Waals surface area (Å²) in [4.78, 5) is 13.2. The summed E-state index contributed by atoms with van der Waals surface area (Å²) in [6.07, 6.45) is 0. The summed E-state index contributed by atoms with van der Waals surface area (Å²) >= 11 is 0. The molecule has 0 aliphatic heterocycles. The molecule has 1 N–H and O–H groups in total. The van der Waals surface area contributed by atoms with Gasteiger partial charge in [0.15, 0.2) is 0 Å². The molecule has 1 heterocycles. The van der Waals surface area contributed by atoms with Crippen LogP contribution in [-0.2, 0) is 5.41 Å². The average molecular weight is 334 g/mol. The first-order valence-electron chi connectivity index (χ1n) is 8.68. The Labute approximate surface area is 149 Å². The van der Waals surface area contributed by atoms with E-state index in [0.29, 0.717) is 0 Å². The summed E-state index contributed by atoms with van der Waals surface area (Å²) in [6.45, 7) is 12.5. The molecule has 130 valence electrons. The maximum absolute atomic E-state index is 13.2. The predicted octanol–water partition coefficient (Wildman–Crippen LogP) is 5.06. The molecular weight excluding hydrogens is 308 g/mol. The van der Waals surface area contributed by atoms with Crippen molar-refractivity contribution in [3.05, 3.63) is 75.1 Å². The Morgan fingerprint density at radius 2 is 1.52 bits per heavy atom.